The van der Waals surface area contributed by atoms with Crippen molar-refractivity contribution in [2.24, 2.45) is 0 Å². The first-order valence-electron chi connectivity index (χ1n) is 9.01. The highest BCUT2D eigenvalue weighted by Crippen LogP contribution is 2.11. The lowest BCUT2D eigenvalue weighted by molar-refractivity contribution is -0.147. The Labute approximate surface area is 164 Å². The zero-order valence-corrected chi connectivity index (χ0v) is 16.3. The maximum absolute atomic E-state index is 12.6. The largest absolute Gasteiger partial charge is 0.459 e. The summed E-state index contributed by atoms with van der Waals surface area (Å²) in [5.41, 5.74) is 1.48. The van der Waals surface area contributed by atoms with Crippen LogP contribution in [0.15, 0.2) is 54.6 Å². The third-order valence-electron chi connectivity index (χ3n) is 3.76. The molecule has 1 atom stereocenters. The van der Waals surface area contributed by atoms with Crippen molar-refractivity contribution in [1.29, 1.82) is 0 Å². The molecule has 0 radical (unpaired) electrons. The van der Waals surface area contributed by atoms with Crippen LogP contribution in [0.2, 0.25) is 0 Å². The molecule has 0 heterocycles. The number of nitrogens with one attached hydrogen (secondary N) is 1. The molecule has 2 rings (SSSR count). The molecule has 1 N–H and O–H groups in total. The highest BCUT2D eigenvalue weighted by molar-refractivity contribution is 5.82. The molecule has 0 fully saturated rings. The summed E-state index contributed by atoms with van der Waals surface area (Å²) in [6.45, 7) is 5.34. The molecule has 0 saturated heterocycles. The topological polar surface area (TPSA) is 81.7 Å². The fourth-order valence-electron chi connectivity index (χ4n) is 2.44. The molecule has 0 aliphatic carbocycles. The molecule has 0 unspecified atom stereocenters. The van der Waals surface area contributed by atoms with Crippen LogP contribution in [0.5, 0.6) is 0 Å². The van der Waals surface area contributed by atoms with Crippen LogP contribution in [-0.4, -0.2) is 30.0 Å². The Balaban J connectivity index is 2.08. The molecule has 0 aromatic heterocycles. The van der Waals surface area contributed by atoms with E-state index >= 15 is 0 Å². The molecule has 2 aromatic carbocycles. The zero-order valence-electron chi connectivity index (χ0n) is 16.3. The molecule has 6 heteroatoms. The van der Waals surface area contributed by atoms with Crippen molar-refractivity contribution in [3.63, 3.8) is 0 Å². The molecule has 0 aliphatic heterocycles. The van der Waals surface area contributed by atoms with Crippen molar-refractivity contribution < 1.29 is 23.9 Å². The molecular weight excluding hydrogens is 358 g/mol. The lowest BCUT2D eigenvalue weighted by Crippen LogP contribution is -2.45. The van der Waals surface area contributed by atoms with Crippen LogP contribution in [0.3, 0.4) is 0 Å². The van der Waals surface area contributed by atoms with E-state index in [0.717, 1.165) is 17.4 Å². The minimum atomic E-state index is -0.916. The van der Waals surface area contributed by atoms with Crippen molar-refractivity contribution in [3.05, 3.63) is 71.3 Å². The summed E-state index contributed by atoms with van der Waals surface area (Å²) in [6, 6.07) is 15.1. The average Bonchev–Trinajstić information content (AvgIpc) is 2.65. The van der Waals surface area contributed by atoms with Crippen molar-refractivity contribution >= 4 is 18.3 Å². The van der Waals surface area contributed by atoms with Crippen LogP contribution in [0.25, 0.3) is 0 Å². The monoisotopic (exact) mass is 383 g/mol. The van der Waals surface area contributed by atoms with E-state index in [4.69, 9.17) is 9.47 Å². The van der Waals surface area contributed by atoms with E-state index in [1.807, 2.05) is 30.3 Å². The molecule has 148 valence electrons. The molecule has 2 aromatic rings. The smallest absolute Gasteiger partial charge is 0.408 e. The van der Waals surface area contributed by atoms with Crippen molar-refractivity contribution in [2.45, 2.75) is 45.4 Å². The third-order valence-corrected chi connectivity index (χ3v) is 3.76. The Bertz CT molecular complexity index is 794. The number of esters is 1. The fourth-order valence-corrected chi connectivity index (χ4v) is 2.44. The van der Waals surface area contributed by atoms with Crippen molar-refractivity contribution in [1.82, 2.24) is 5.32 Å². The summed E-state index contributed by atoms with van der Waals surface area (Å²) in [5, 5.41) is 2.58. The van der Waals surface area contributed by atoms with E-state index in [9.17, 15) is 14.4 Å². The van der Waals surface area contributed by atoms with Gasteiger partial charge in [-0.15, -0.1) is 0 Å². The maximum Gasteiger partial charge on any atom is 0.408 e. The SMILES string of the molecule is CC(C)(C)OC(=O)N[C@@H](Cc1ccc(C=O)cc1)C(=O)OCc1ccccc1. The van der Waals surface area contributed by atoms with E-state index in [2.05, 4.69) is 5.32 Å². The summed E-state index contributed by atoms with van der Waals surface area (Å²) in [6.07, 6.45) is 0.263. The van der Waals surface area contributed by atoms with Gasteiger partial charge in [-0.1, -0.05) is 54.6 Å². The number of rotatable bonds is 7. The quantitative estimate of drug-likeness (QED) is 0.583. The fraction of sp³-hybridized carbons (Fsp3) is 0.318. The first-order valence-corrected chi connectivity index (χ1v) is 9.01. The molecule has 0 bridgehead atoms. The van der Waals surface area contributed by atoms with Crippen LogP contribution >= 0.6 is 0 Å². The summed E-state index contributed by atoms with van der Waals surface area (Å²) in [7, 11) is 0. The number of carbonyl (C=O) groups excluding carboxylic acids is 3. The van der Waals surface area contributed by atoms with Gasteiger partial charge in [0.1, 0.15) is 24.5 Å². The van der Waals surface area contributed by atoms with E-state index in [0.29, 0.717) is 5.56 Å². The number of hydrogen-bond donors (Lipinski definition) is 1. The second kappa shape index (κ2) is 9.69. The summed E-state index contributed by atoms with van der Waals surface area (Å²) in [5.74, 6) is -0.561. The van der Waals surface area contributed by atoms with Crippen molar-refractivity contribution in [2.75, 3.05) is 0 Å². The van der Waals surface area contributed by atoms with Crippen LogP contribution in [0.1, 0.15) is 42.3 Å². The van der Waals surface area contributed by atoms with Crippen LogP contribution in [0, 0.1) is 0 Å². The zero-order chi connectivity index (χ0) is 20.6. The molecule has 28 heavy (non-hydrogen) atoms. The third kappa shape index (κ3) is 7.23. The number of aldehydes is 1. The molecule has 0 aliphatic rings. The summed E-state index contributed by atoms with van der Waals surface area (Å²) in [4.78, 5) is 35.5. The maximum atomic E-state index is 12.6. The molecule has 6 nitrogen and oxygen atoms in total. The van der Waals surface area contributed by atoms with E-state index in [1.165, 1.54) is 0 Å². The molecule has 0 spiro atoms. The number of carbonyl (C=O) groups is 3. The van der Waals surface area contributed by atoms with Crippen LogP contribution in [-0.2, 0) is 27.3 Å². The van der Waals surface area contributed by atoms with Gasteiger partial charge in [-0.25, -0.2) is 9.59 Å². The van der Waals surface area contributed by atoms with Gasteiger partial charge in [0.15, 0.2) is 0 Å². The van der Waals surface area contributed by atoms with Gasteiger partial charge in [-0.3, -0.25) is 4.79 Å². The Morgan fingerprint density at radius 2 is 1.64 bits per heavy atom. The lowest BCUT2D eigenvalue weighted by Gasteiger charge is -2.23. The average molecular weight is 383 g/mol. The van der Waals surface area contributed by atoms with E-state index < -0.39 is 23.7 Å². The number of hydrogen-bond acceptors (Lipinski definition) is 5. The summed E-state index contributed by atoms with van der Waals surface area (Å²) < 4.78 is 10.6. The van der Waals surface area contributed by atoms with E-state index in [1.54, 1.807) is 45.0 Å². The Morgan fingerprint density at radius 3 is 2.21 bits per heavy atom. The second-order valence-corrected chi connectivity index (χ2v) is 7.36. The van der Waals surface area contributed by atoms with Gasteiger partial charge in [0.05, 0.1) is 0 Å². The predicted molar refractivity (Wildman–Crippen MR) is 105 cm³/mol. The standard InChI is InChI=1S/C22H25NO5/c1-22(2,3)28-21(26)23-19(13-16-9-11-17(14-24)12-10-16)20(25)27-15-18-7-5-4-6-8-18/h4-12,14,19H,13,15H2,1-3H3,(H,23,26)/t19-/m0/s1. The minimum absolute atomic E-state index is 0.107. The van der Waals surface area contributed by atoms with Gasteiger partial charge < -0.3 is 14.8 Å². The highest BCUT2D eigenvalue weighted by Gasteiger charge is 2.26. The highest BCUT2D eigenvalue weighted by atomic mass is 16.6. The number of ether oxygens (including phenoxy) is 2. The van der Waals surface area contributed by atoms with Gasteiger partial charge in [-0.05, 0) is 31.9 Å². The Kier molecular flexibility index (Phi) is 7.32. The Hall–Kier alpha value is -3.15. The normalized spacial score (nSPS) is 12.0. The van der Waals surface area contributed by atoms with Crippen molar-refractivity contribution in [3.8, 4) is 0 Å². The number of alkyl carbamates (subject to hydrolysis) is 1. The van der Waals surface area contributed by atoms with Crippen LogP contribution < -0.4 is 5.32 Å². The molecular formula is C22H25NO5. The molecule has 0 saturated carbocycles. The first-order chi connectivity index (χ1) is 13.3. The van der Waals surface area contributed by atoms with Gasteiger partial charge in [0.2, 0.25) is 0 Å². The van der Waals surface area contributed by atoms with Crippen LogP contribution in [0.4, 0.5) is 4.79 Å². The second-order valence-electron chi connectivity index (χ2n) is 7.36. The summed E-state index contributed by atoms with van der Waals surface area (Å²) >= 11 is 0. The van der Waals surface area contributed by atoms with Gasteiger partial charge in [0.25, 0.3) is 0 Å². The number of benzene rings is 2. The number of amides is 1. The van der Waals surface area contributed by atoms with Gasteiger partial charge in [-0.2, -0.15) is 0 Å². The first kappa shape index (κ1) is 21.2. The molecule has 1 amide bonds. The lowest BCUT2D eigenvalue weighted by atomic mass is 10.0. The minimum Gasteiger partial charge on any atom is -0.459 e. The predicted octanol–water partition coefficient (Wildman–Crippen LogP) is 3.68. The van der Waals surface area contributed by atoms with E-state index in [-0.39, 0.29) is 13.0 Å². The van der Waals surface area contributed by atoms with Gasteiger partial charge in [0, 0.05) is 12.0 Å². The Morgan fingerprint density at radius 1 is 1.00 bits per heavy atom. The van der Waals surface area contributed by atoms with Gasteiger partial charge >= 0.3 is 12.1 Å².